The predicted molar refractivity (Wildman–Crippen MR) is 107 cm³/mol. The number of benzene rings is 2. The molecule has 1 aromatic heterocycles. The number of hydrogen-bond donors (Lipinski definition) is 0. The van der Waals surface area contributed by atoms with Gasteiger partial charge in [0.2, 0.25) is 0 Å². The molecule has 1 aliphatic rings. The molecule has 1 aliphatic heterocycles. The number of imide groups is 1. The van der Waals surface area contributed by atoms with E-state index in [1.165, 1.54) is 0 Å². The molecule has 4 rings (SSSR count). The predicted octanol–water partition coefficient (Wildman–Crippen LogP) is 3.40. The van der Waals surface area contributed by atoms with Crippen LogP contribution in [0.5, 0.6) is 0 Å². The number of anilines is 1. The van der Waals surface area contributed by atoms with E-state index in [1.807, 2.05) is 4.57 Å². The van der Waals surface area contributed by atoms with Crippen LogP contribution in [0.1, 0.15) is 39.8 Å². The summed E-state index contributed by atoms with van der Waals surface area (Å²) in [5, 5.41) is 0. The van der Waals surface area contributed by atoms with Gasteiger partial charge in [-0.1, -0.05) is 19.1 Å². The summed E-state index contributed by atoms with van der Waals surface area (Å²) in [6, 6.07) is 13.5. The Kier molecular flexibility index (Phi) is 4.92. The number of nitrogens with zero attached hydrogens (tertiary/aromatic N) is 3. The number of rotatable bonds is 6. The lowest BCUT2D eigenvalue weighted by Crippen LogP contribution is -2.29. The van der Waals surface area contributed by atoms with Crippen molar-refractivity contribution in [2.24, 2.45) is 0 Å². The second-order valence-corrected chi connectivity index (χ2v) is 8.00. The summed E-state index contributed by atoms with van der Waals surface area (Å²) in [6.45, 7) is 2.92. The van der Waals surface area contributed by atoms with Crippen LogP contribution >= 0.6 is 0 Å². The van der Waals surface area contributed by atoms with Crippen LogP contribution in [-0.4, -0.2) is 25.6 Å². The molecule has 0 aliphatic carbocycles. The van der Waals surface area contributed by atoms with Gasteiger partial charge in [-0.05, 0) is 42.8 Å². The summed E-state index contributed by atoms with van der Waals surface area (Å²) in [5.41, 5.74) is 2.21. The highest BCUT2D eigenvalue weighted by Gasteiger charge is 2.36. The third-order valence-corrected chi connectivity index (χ3v) is 6.05. The molecular weight excluding hydrogens is 374 g/mol. The van der Waals surface area contributed by atoms with Gasteiger partial charge >= 0.3 is 0 Å². The lowest BCUT2D eigenvalue weighted by Gasteiger charge is -2.14. The van der Waals surface area contributed by atoms with Crippen molar-refractivity contribution in [2.75, 3.05) is 4.90 Å². The van der Waals surface area contributed by atoms with Crippen LogP contribution in [0.3, 0.4) is 0 Å². The summed E-state index contributed by atoms with van der Waals surface area (Å²) in [6.07, 6.45) is 4.47. The zero-order valence-electron chi connectivity index (χ0n) is 15.4. The fraction of sp³-hybridized carbons (Fsp3) is 0.190. The molecule has 0 fully saturated rings. The van der Waals surface area contributed by atoms with Crippen LogP contribution in [0.4, 0.5) is 5.69 Å². The average Bonchev–Trinajstić information content (AvgIpc) is 3.25. The molecule has 0 saturated carbocycles. The summed E-state index contributed by atoms with van der Waals surface area (Å²) >= 11 is 0. The van der Waals surface area contributed by atoms with Crippen molar-refractivity contribution in [1.82, 2.24) is 9.55 Å². The quantitative estimate of drug-likeness (QED) is 0.602. The van der Waals surface area contributed by atoms with Crippen LogP contribution < -0.4 is 4.90 Å². The number of amides is 2. The van der Waals surface area contributed by atoms with E-state index in [-0.39, 0.29) is 11.8 Å². The lowest BCUT2D eigenvalue weighted by molar-refractivity contribution is 0.0926. The van der Waals surface area contributed by atoms with Crippen molar-refractivity contribution in [3.8, 4) is 0 Å². The van der Waals surface area contributed by atoms with Gasteiger partial charge in [0.1, 0.15) is 0 Å². The molecule has 2 aromatic carbocycles. The van der Waals surface area contributed by atoms with Gasteiger partial charge in [0.05, 0.1) is 45.4 Å². The fourth-order valence-corrected chi connectivity index (χ4v) is 4.41. The molecule has 0 N–H and O–H groups in total. The highest BCUT2D eigenvalue weighted by molar-refractivity contribution is 7.84. The molecule has 7 heteroatoms. The van der Waals surface area contributed by atoms with E-state index < -0.39 is 10.8 Å². The Hall–Kier alpha value is -3.06. The highest BCUT2D eigenvalue weighted by atomic mass is 32.2. The Balaban J connectivity index is 1.53. The van der Waals surface area contributed by atoms with Crippen molar-refractivity contribution in [3.63, 3.8) is 0 Å². The topological polar surface area (TPSA) is 72.3 Å². The third-order valence-electron chi connectivity index (χ3n) is 4.69. The Bertz CT molecular complexity index is 1040. The van der Waals surface area contributed by atoms with Crippen LogP contribution in [0.2, 0.25) is 0 Å². The molecule has 0 bridgehead atoms. The first-order valence-electron chi connectivity index (χ1n) is 9.05. The van der Waals surface area contributed by atoms with Crippen LogP contribution in [-0.2, 0) is 23.1 Å². The van der Waals surface area contributed by atoms with Gasteiger partial charge in [-0.15, -0.1) is 0 Å². The molecule has 142 valence electrons. The van der Waals surface area contributed by atoms with E-state index in [1.54, 1.807) is 61.1 Å². The van der Waals surface area contributed by atoms with Gasteiger partial charge in [-0.3, -0.25) is 13.8 Å². The molecule has 3 aromatic rings. The van der Waals surface area contributed by atoms with Crippen LogP contribution in [0.15, 0.2) is 66.0 Å². The average molecular weight is 393 g/mol. The maximum absolute atomic E-state index is 12.7. The van der Waals surface area contributed by atoms with Gasteiger partial charge in [0, 0.05) is 17.6 Å². The Morgan fingerprint density at radius 1 is 0.964 bits per heavy atom. The van der Waals surface area contributed by atoms with E-state index >= 15 is 0 Å². The number of aryl methyl sites for hydroxylation is 1. The number of carbonyl (C=O) groups excluding carboxylic acids is 2. The van der Waals surface area contributed by atoms with Crippen molar-refractivity contribution < 1.29 is 13.8 Å². The van der Waals surface area contributed by atoms with Gasteiger partial charge in [-0.2, -0.15) is 0 Å². The van der Waals surface area contributed by atoms with E-state index in [2.05, 4.69) is 11.9 Å². The molecule has 2 amide bonds. The fourth-order valence-electron chi connectivity index (χ4n) is 3.30. The number of fused-ring (bicyclic) bond motifs is 1. The molecule has 0 radical (unpaired) electrons. The first kappa shape index (κ1) is 18.3. The van der Waals surface area contributed by atoms with Crippen LogP contribution in [0, 0.1) is 0 Å². The minimum absolute atomic E-state index is 0.335. The van der Waals surface area contributed by atoms with E-state index in [9.17, 15) is 13.8 Å². The smallest absolute Gasteiger partial charge is 0.266 e. The molecule has 1 atom stereocenters. The SMILES string of the molecule is CCCn1cncc1CS(=O)c1ccc(N2C(=O)c3ccccc3C2=O)cc1. The number of aromatic nitrogens is 2. The molecule has 6 nitrogen and oxygen atoms in total. The molecular formula is C21H19N3O3S. The number of imidazole rings is 1. The van der Waals surface area contributed by atoms with Gasteiger partial charge < -0.3 is 4.57 Å². The molecule has 1 unspecified atom stereocenters. The van der Waals surface area contributed by atoms with Crippen molar-refractivity contribution in [3.05, 3.63) is 77.9 Å². The summed E-state index contributed by atoms with van der Waals surface area (Å²) in [7, 11) is -1.24. The van der Waals surface area contributed by atoms with E-state index in [0.29, 0.717) is 27.5 Å². The standard InChI is InChI=1S/C21H19N3O3S/c1-2-11-23-14-22-12-16(23)13-28(27)17-9-7-15(8-10-17)24-20(25)18-5-3-4-6-19(18)21(24)26/h3-10,12,14H,2,11,13H2,1H3. The maximum atomic E-state index is 12.7. The summed E-state index contributed by atoms with van der Waals surface area (Å²) < 4.78 is 14.7. The minimum atomic E-state index is -1.24. The third kappa shape index (κ3) is 3.18. The molecule has 2 heterocycles. The van der Waals surface area contributed by atoms with Crippen molar-refractivity contribution in [2.45, 2.75) is 30.5 Å². The highest BCUT2D eigenvalue weighted by Crippen LogP contribution is 2.29. The second kappa shape index (κ2) is 7.52. The largest absolute Gasteiger partial charge is 0.334 e. The molecule has 0 saturated heterocycles. The Morgan fingerprint density at radius 2 is 1.61 bits per heavy atom. The monoisotopic (exact) mass is 393 g/mol. The maximum Gasteiger partial charge on any atom is 0.266 e. The lowest BCUT2D eigenvalue weighted by atomic mass is 10.1. The Labute approximate surface area is 165 Å². The van der Waals surface area contributed by atoms with Gasteiger partial charge in [-0.25, -0.2) is 9.88 Å². The van der Waals surface area contributed by atoms with Gasteiger partial charge in [0.15, 0.2) is 0 Å². The summed E-state index contributed by atoms with van der Waals surface area (Å²) in [4.78, 5) is 31.1. The zero-order chi connectivity index (χ0) is 19.7. The number of carbonyl (C=O) groups is 2. The summed E-state index contributed by atoms with van der Waals surface area (Å²) in [5.74, 6) is -0.303. The van der Waals surface area contributed by atoms with E-state index in [4.69, 9.17) is 0 Å². The normalized spacial score (nSPS) is 14.4. The zero-order valence-corrected chi connectivity index (χ0v) is 16.2. The number of hydrogen-bond acceptors (Lipinski definition) is 4. The first-order valence-corrected chi connectivity index (χ1v) is 10.4. The minimum Gasteiger partial charge on any atom is -0.334 e. The van der Waals surface area contributed by atoms with E-state index in [0.717, 1.165) is 23.6 Å². The Morgan fingerprint density at radius 3 is 2.21 bits per heavy atom. The first-order chi connectivity index (χ1) is 13.6. The molecule has 28 heavy (non-hydrogen) atoms. The second-order valence-electron chi connectivity index (χ2n) is 6.55. The van der Waals surface area contributed by atoms with Crippen LogP contribution in [0.25, 0.3) is 0 Å². The van der Waals surface area contributed by atoms with Gasteiger partial charge in [0.25, 0.3) is 11.8 Å². The van der Waals surface area contributed by atoms with Crippen molar-refractivity contribution in [1.29, 1.82) is 0 Å². The van der Waals surface area contributed by atoms with Crippen molar-refractivity contribution >= 4 is 28.3 Å². The molecule has 0 spiro atoms.